The van der Waals surface area contributed by atoms with Gasteiger partial charge in [0.05, 0.1) is 11.7 Å². The molecular formula is C16H15IN2S. The average molecular weight is 394 g/mol. The Morgan fingerprint density at radius 2 is 1.85 bits per heavy atom. The number of nitrogens with zero attached hydrogens (tertiary/aromatic N) is 1. The molecule has 2 aromatic rings. The minimum absolute atomic E-state index is 0.381. The van der Waals surface area contributed by atoms with E-state index < -0.39 is 0 Å². The third kappa shape index (κ3) is 3.55. The van der Waals surface area contributed by atoms with Gasteiger partial charge >= 0.3 is 0 Å². The number of rotatable bonds is 3. The molecule has 0 saturated carbocycles. The van der Waals surface area contributed by atoms with Crippen LogP contribution in [0.4, 0.5) is 5.69 Å². The monoisotopic (exact) mass is 394 g/mol. The van der Waals surface area contributed by atoms with Gasteiger partial charge < -0.3 is 5.32 Å². The molecule has 0 fully saturated rings. The smallest absolute Gasteiger partial charge is 0.161 e. The fourth-order valence-electron chi connectivity index (χ4n) is 2.15. The van der Waals surface area contributed by atoms with Gasteiger partial charge in [0, 0.05) is 9.32 Å². The van der Waals surface area contributed by atoms with E-state index in [1.165, 1.54) is 9.13 Å². The predicted octanol–water partition coefficient (Wildman–Crippen LogP) is 4.42. The molecule has 102 valence electrons. The van der Waals surface area contributed by atoms with Gasteiger partial charge in [-0.15, -0.1) is 0 Å². The summed E-state index contributed by atoms with van der Waals surface area (Å²) in [6.45, 7) is 0. The number of aliphatic imine (C=N–C) groups is 1. The summed E-state index contributed by atoms with van der Waals surface area (Å²) in [6, 6.07) is 19.3. The van der Waals surface area contributed by atoms with Crippen LogP contribution in [0.25, 0.3) is 0 Å². The number of para-hydroxylation sites is 1. The molecule has 20 heavy (non-hydrogen) atoms. The van der Waals surface area contributed by atoms with E-state index in [1.807, 2.05) is 17.8 Å². The largest absolute Gasteiger partial charge is 0.334 e. The number of anilines is 1. The van der Waals surface area contributed by atoms with E-state index in [4.69, 9.17) is 4.99 Å². The van der Waals surface area contributed by atoms with Crippen molar-refractivity contribution in [2.24, 2.45) is 4.99 Å². The van der Waals surface area contributed by atoms with Gasteiger partial charge in [0.1, 0.15) is 0 Å². The van der Waals surface area contributed by atoms with Crippen LogP contribution in [0.2, 0.25) is 0 Å². The SMILES string of the molecule is Ic1ccccc1NC1=NC(Cc2ccccc2)CS1. The first-order valence-corrected chi connectivity index (χ1v) is 8.64. The van der Waals surface area contributed by atoms with E-state index in [2.05, 4.69) is 76.4 Å². The topological polar surface area (TPSA) is 24.4 Å². The fraction of sp³-hybridized carbons (Fsp3) is 0.188. The van der Waals surface area contributed by atoms with Crippen molar-refractivity contribution in [1.82, 2.24) is 0 Å². The lowest BCUT2D eigenvalue weighted by atomic mass is 10.1. The Balaban J connectivity index is 1.65. The predicted molar refractivity (Wildman–Crippen MR) is 96.6 cm³/mol. The second kappa shape index (κ2) is 6.63. The number of thioether (sulfide) groups is 1. The lowest BCUT2D eigenvalue weighted by Crippen LogP contribution is -2.08. The maximum atomic E-state index is 4.78. The number of amidine groups is 1. The first kappa shape index (κ1) is 13.9. The van der Waals surface area contributed by atoms with E-state index in [1.54, 1.807) is 0 Å². The molecule has 0 saturated heterocycles. The van der Waals surface area contributed by atoms with Gasteiger partial charge in [-0.2, -0.15) is 0 Å². The maximum Gasteiger partial charge on any atom is 0.161 e. The standard InChI is InChI=1S/C16H15IN2S/c17-14-8-4-5-9-15(14)19-16-18-13(11-20-16)10-12-6-2-1-3-7-12/h1-9,13H,10-11H2,(H,18,19). The van der Waals surface area contributed by atoms with Crippen molar-refractivity contribution in [2.45, 2.75) is 12.5 Å². The summed E-state index contributed by atoms with van der Waals surface area (Å²) < 4.78 is 1.22. The van der Waals surface area contributed by atoms with E-state index >= 15 is 0 Å². The zero-order valence-electron chi connectivity index (χ0n) is 10.9. The number of halogens is 1. The van der Waals surface area contributed by atoms with Crippen LogP contribution in [-0.4, -0.2) is 17.0 Å². The van der Waals surface area contributed by atoms with E-state index in [0.717, 1.165) is 23.0 Å². The van der Waals surface area contributed by atoms with Crippen molar-refractivity contribution >= 4 is 45.2 Å². The molecule has 1 unspecified atom stereocenters. The molecule has 0 spiro atoms. The summed E-state index contributed by atoms with van der Waals surface area (Å²) in [4.78, 5) is 4.78. The normalized spacial score (nSPS) is 17.9. The molecule has 0 bridgehead atoms. The van der Waals surface area contributed by atoms with Crippen LogP contribution in [0.5, 0.6) is 0 Å². The van der Waals surface area contributed by atoms with E-state index in [9.17, 15) is 0 Å². The molecule has 0 aliphatic carbocycles. The van der Waals surface area contributed by atoms with Gasteiger partial charge in [0.15, 0.2) is 5.17 Å². The number of hydrogen-bond donors (Lipinski definition) is 1. The molecule has 2 aromatic carbocycles. The Morgan fingerprint density at radius 1 is 1.10 bits per heavy atom. The van der Waals surface area contributed by atoms with Gasteiger partial charge in [-0.3, -0.25) is 4.99 Å². The molecule has 1 heterocycles. The number of benzene rings is 2. The van der Waals surface area contributed by atoms with Crippen LogP contribution < -0.4 is 5.32 Å². The summed E-state index contributed by atoms with van der Waals surface area (Å²) in [5.74, 6) is 1.06. The highest BCUT2D eigenvalue weighted by Crippen LogP contribution is 2.24. The van der Waals surface area contributed by atoms with Crippen molar-refractivity contribution in [3.63, 3.8) is 0 Å². The summed E-state index contributed by atoms with van der Waals surface area (Å²) in [5.41, 5.74) is 2.50. The van der Waals surface area contributed by atoms with Crippen LogP contribution in [0.1, 0.15) is 5.56 Å². The molecule has 0 amide bonds. The molecule has 1 aliphatic rings. The van der Waals surface area contributed by atoms with Crippen LogP contribution in [0, 0.1) is 3.57 Å². The Hall–Kier alpha value is -1.01. The summed E-state index contributed by atoms with van der Waals surface area (Å²) in [7, 11) is 0. The highest BCUT2D eigenvalue weighted by Gasteiger charge is 2.19. The molecule has 3 rings (SSSR count). The van der Waals surface area contributed by atoms with Gasteiger partial charge in [-0.05, 0) is 46.7 Å². The molecule has 0 aromatic heterocycles. The molecule has 4 heteroatoms. The zero-order valence-corrected chi connectivity index (χ0v) is 13.9. The highest BCUT2D eigenvalue weighted by atomic mass is 127. The van der Waals surface area contributed by atoms with Crippen molar-refractivity contribution in [3.8, 4) is 0 Å². The molecule has 1 aliphatic heterocycles. The average Bonchev–Trinajstić information content (AvgIpc) is 2.90. The lowest BCUT2D eigenvalue weighted by Gasteiger charge is -2.06. The van der Waals surface area contributed by atoms with Gasteiger partial charge in [-0.25, -0.2) is 0 Å². The van der Waals surface area contributed by atoms with Crippen LogP contribution >= 0.6 is 34.4 Å². The van der Waals surface area contributed by atoms with Crippen molar-refractivity contribution in [2.75, 3.05) is 11.1 Å². The third-order valence-corrected chi connectivity index (χ3v) is 5.11. The molecule has 1 atom stereocenters. The second-order valence-corrected chi connectivity index (χ2v) is 6.86. The fourth-order valence-corrected chi connectivity index (χ4v) is 3.62. The van der Waals surface area contributed by atoms with Crippen LogP contribution in [0.3, 0.4) is 0 Å². The van der Waals surface area contributed by atoms with Gasteiger partial charge in [0.25, 0.3) is 0 Å². The summed E-state index contributed by atoms with van der Waals surface area (Å²) in [6.07, 6.45) is 1.02. The highest BCUT2D eigenvalue weighted by molar-refractivity contribution is 14.1. The maximum absolute atomic E-state index is 4.78. The summed E-state index contributed by atoms with van der Waals surface area (Å²) >= 11 is 4.15. The van der Waals surface area contributed by atoms with Crippen LogP contribution in [0.15, 0.2) is 59.6 Å². The molecular weight excluding hydrogens is 379 g/mol. The first-order valence-electron chi connectivity index (χ1n) is 6.57. The second-order valence-electron chi connectivity index (χ2n) is 4.69. The minimum Gasteiger partial charge on any atom is -0.334 e. The number of nitrogens with one attached hydrogen (secondary N) is 1. The van der Waals surface area contributed by atoms with E-state index in [-0.39, 0.29) is 0 Å². The minimum atomic E-state index is 0.381. The quantitative estimate of drug-likeness (QED) is 0.780. The molecule has 0 radical (unpaired) electrons. The number of hydrogen-bond acceptors (Lipinski definition) is 3. The van der Waals surface area contributed by atoms with E-state index in [0.29, 0.717) is 6.04 Å². The van der Waals surface area contributed by atoms with Crippen molar-refractivity contribution in [3.05, 3.63) is 63.7 Å². The van der Waals surface area contributed by atoms with Crippen molar-refractivity contribution in [1.29, 1.82) is 0 Å². The molecule has 1 N–H and O–H groups in total. The first-order chi connectivity index (χ1) is 9.81. The third-order valence-electron chi connectivity index (χ3n) is 3.14. The Labute approximate surface area is 137 Å². The summed E-state index contributed by atoms with van der Waals surface area (Å²) in [5, 5.41) is 4.47. The Morgan fingerprint density at radius 3 is 2.65 bits per heavy atom. The van der Waals surface area contributed by atoms with Gasteiger partial charge in [-0.1, -0.05) is 54.2 Å². The Kier molecular flexibility index (Phi) is 4.62. The lowest BCUT2D eigenvalue weighted by molar-refractivity contribution is 0.762. The van der Waals surface area contributed by atoms with Gasteiger partial charge in [0.2, 0.25) is 0 Å². The van der Waals surface area contributed by atoms with Crippen molar-refractivity contribution < 1.29 is 0 Å². The van der Waals surface area contributed by atoms with Crippen LogP contribution in [-0.2, 0) is 6.42 Å². The molecule has 2 nitrogen and oxygen atoms in total. The zero-order chi connectivity index (χ0) is 13.8. The Bertz CT molecular complexity index is 613.